The smallest absolute Gasteiger partial charge is 0.251 e. The van der Waals surface area contributed by atoms with Gasteiger partial charge in [-0.2, -0.15) is 0 Å². The second kappa shape index (κ2) is 8.39. The molecule has 1 atom stereocenters. The molecule has 2 N–H and O–H groups in total. The van der Waals surface area contributed by atoms with E-state index in [1.165, 1.54) is 0 Å². The van der Waals surface area contributed by atoms with Gasteiger partial charge in [0.1, 0.15) is 6.10 Å². The van der Waals surface area contributed by atoms with E-state index in [9.17, 15) is 4.79 Å². The Hall–Kier alpha value is -0.720. The van der Waals surface area contributed by atoms with E-state index < -0.39 is 0 Å². The number of nitrogens with two attached hydrogens (primary N) is 1. The number of ether oxygens (including phenoxy) is 2. The lowest BCUT2D eigenvalue weighted by Gasteiger charge is -2.25. The van der Waals surface area contributed by atoms with E-state index in [-0.39, 0.29) is 12.0 Å². The van der Waals surface area contributed by atoms with Crippen LogP contribution < -0.4 is 5.73 Å². The fourth-order valence-electron chi connectivity index (χ4n) is 1.95. The zero-order valence-electron chi connectivity index (χ0n) is 10.9. The first kappa shape index (κ1) is 15.3. The van der Waals surface area contributed by atoms with Crippen molar-refractivity contribution in [2.24, 2.45) is 5.73 Å². The highest BCUT2D eigenvalue weighted by Gasteiger charge is 2.27. The highest BCUT2D eigenvalue weighted by molar-refractivity contribution is 7.80. The summed E-state index contributed by atoms with van der Waals surface area (Å²) in [5.74, 6) is 0.0554. The van der Waals surface area contributed by atoms with Crippen molar-refractivity contribution in [1.82, 2.24) is 4.90 Å². The monoisotopic (exact) mass is 274 g/mol. The summed E-state index contributed by atoms with van der Waals surface area (Å²) < 4.78 is 10.4. The van der Waals surface area contributed by atoms with Gasteiger partial charge < -0.3 is 20.1 Å². The van der Waals surface area contributed by atoms with E-state index in [4.69, 9.17) is 27.4 Å². The van der Waals surface area contributed by atoms with Crippen LogP contribution in [0.3, 0.4) is 0 Å². The van der Waals surface area contributed by atoms with E-state index in [1.54, 1.807) is 12.0 Å². The molecule has 1 unspecified atom stereocenters. The van der Waals surface area contributed by atoms with Crippen molar-refractivity contribution in [3.8, 4) is 0 Å². The summed E-state index contributed by atoms with van der Waals surface area (Å²) in [5, 5.41) is 0. The van der Waals surface area contributed by atoms with E-state index in [2.05, 4.69) is 0 Å². The molecular formula is C12H22N2O3S. The van der Waals surface area contributed by atoms with Crippen molar-refractivity contribution in [2.45, 2.75) is 31.8 Å². The third-order valence-corrected chi connectivity index (χ3v) is 3.13. The molecule has 1 rings (SSSR count). The molecule has 0 aliphatic carbocycles. The molecule has 1 amide bonds. The first-order chi connectivity index (χ1) is 8.65. The van der Waals surface area contributed by atoms with Gasteiger partial charge in [-0.15, -0.1) is 0 Å². The van der Waals surface area contributed by atoms with Crippen molar-refractivity contribution >= 4 is 23.1 Å². The number of carbonyl (C=O) groups is 1. The quantitative estimate of drug-likeness (QED) is 0.521. The molecule has 0 bridgehead atoms. The Morgan fingerprint density at radius 2 is 2.33 bits per heavy atom. The summed E-state index contributed by atoms with van der Waals surface area (Å²) in [7, 11) is 1.65. The molecule has 0 saturated carbocycles. The van der Waals surface area contributed by atoms with Crippen LogP contribution in [0.4, 0.5) is 0 Å². The van der Waals surface area contributed by atoms with E-state index >= 15 is 0 Å². The standard InChI is InChI=1S/C12H22N2O3S/c1-16-8-3-6-14(7-5-11(13)18)12(15)10-4-2-9-17-10/h10H,2-9H2,1H3,(H2,13,18). The molecule has 0 radical (unpaired) electrons. The van der Waals surface area contributed by atoms with Crippen molar-refractivity contribution in [3.05, 3.63) is 0 Å². The van der Waals surface area contributed by atoms with Crippen LogP contribution in [0.15, 0.2) is 0 Å². The number of nitrogens with zero attached hydrogens (tertiary/aromatic N) is 1. The number of carbonyl (C=O) groups excluding carboxylic acids is 1. The predicted molar refractivity (Wildman–Crippen MR) is 73.4 cm³/mol. The second-order valence-corrected chi connectivity index (χ2v) is 4.91. The summed E-state index contributed by atoms with van der Waals surface area (Å²) in [6, 6.07) is 0. The lowest BCUT2D eigenvalue weighted by Crippen LogP contribution is -2.41. The maximum atomic E-state index is 12.2. The largest absolute Gasteiger partial charge is 0.393 e. The first-order valence-corrected chi connectivity index (χ1v) is 6.73. The zero-order chi connectivity index (χ0) is 13.4. The Bertz CT molecular complexity index is 280. The Morgan fingerprint density at radius 3 is 2.89 bits per heavy atom. The fraction of sp³-hybridized carbons (Fsp3) is 0.833. The van der Waals surface area contributed by atoms with Crippen LogP contribution in [0.5, 0.6) is 0 Å². The highest BCUT2D eigenvalue weighted by Crippen LogP contribution is 2.15. The number of hydrogen-bond donors (Lipinski definition) is 1. The number of hydrogen-bond acceptors (Lipinski definition) is 4. The zero-order valence-corrected chi connectivity index (χ0v) is 11.7. The van der Waals surface area contributed by atoms with Crippen LogP contribution in [-0.2, 0) is 14.3 Å². The average molecular weight is 274 g/mol. The van der Waals surface area contributed by atoms with Crippen LogP contribution in [0, 0.1) is 0 Å². The van der Waals surface area contributed by atoms with Crippen molar-refractivity contribution in [2.75, 3.05) is 33.4 Å². The van der Waals surface area contributed by atoms with Crippen LogP contribution in [0.25, 0.3) is 0 Å². The summed E-state index contributed by atoms with van der Waals surface area (Å²) in [4.78, 5) is 14.5. The molecule has 5 nitrogen and oxygen atoms in total. The van der Waals surface area contributed by atoms with E-state index in [0.717, 1.165) is 19.3 Å². The third kappa shape index (κ3) is 5.29. The predicted octanol–water partition coefficient (Wildman–Crippen LogP) is 0.707. The SMILES string of the molecule is COCCCN(CCC(N)=S)C(=O)C1CCCO1. The van der Waals surface area contributed by atoms with Crippen molar-refractivity contribution < 1.29 is 14.3 Å². The lowest BCUT2D eigenvalue weighted by atomic mass is 10.2. The summed E-state index contributed by atoms with van der Waals surface area (Å²) in [5.41, 5.74) is 5.49. The number of rotatable bonds is 8. The molecule has 0 aromatic heterocycles. The average Bonchev–Trinajstić information content (AvgIpc) is 2.86. The normalized spacial score (nSPS) is 18.8. The minimum Gasteiger partial charge on any atom is -0.393 e. The molecule has 0 aromatic carbocycles. The summed E-state index contributed by atoms with van der Waals surface area (Å²) >= 11 is 4.85. The molecule has 6 heteroatoms. The molecule has 18 heavy (non-hydrogen) atoms. The van der Waals surface area contributed by atoms with Crippen LogP contribution >= 0.6 is 12.2 Å². The van der Waals surface area contributed by atoms with E-state index in [0.29, 0.717) is 37.7 Å². The van der Waals surface area contributed by atoms with Crippen LogP contribution in [-0.4, -0.2) is 55.3 Å². The summed E-state index contributed by atoms with van der Waals surface area (Å²) in [6.45, 7) is 2.55. The van der Waals surface area contributed by atoms with Gasteiger partial charge in [-0.05, 0) is 19.3 Å². The molecule has 1 saturated heterocycles. The van der Waals surface area contributed by atoms with Crippen molar-refractivity contribution in [1.29, 1.82) is 0 Å². The Morgan fingerprint density at radius 1 is 1.56 bits per heavy atom. The number of amides is 1. The third-order valence-electron chi connectivity index (χ3n) is 2.92. The summed E-state index contributed by atoms with van der Waals surface area (Å²) in [6.07, 6.45) is 2.86. The number of methoxy groups -OCH3 is 1. The molecular weight excluding hydrogens is 252 g/mol. The fourth-order valence-corrected chi connectivity index (χ4v) is 2.04. The van der Waals surface area contributed by atoms with Gasteiger partial charge in [-0.25, -0.2) is 0 Å². The Kier molecular flexibility index (Phi) is 7.15. The highest BCUT2D eigenvalue weighted by atomic mass is 32.1. The molecule has 104 valence electrons. The van der Waals surface area contributed by atoms with Gasteiger partial charge in [0.25, 0.3) is 5.91 Å². The van der Waals surface area contributed by atoms with Gasteiger partial charge >= 0.3 is 0 Å². The number of thiocarbonyl (C=S) groups is 1. The second-order valence-electron chi connectivity index (χ2n) is 4.39. The Labute approximate surface area is 114 Å². The maximum absolute atomic E-state index is 12.2. The molecule has 1 aliphatic heterocycles. The topological polar surface area (TPSA) is 64.8 Å². The molecule has 1 heterocycles. The minimum atomic E-state index is -0.279. The van der Waals surface area contributed by atoms with E-state index in [1.807, 2.05) is 0 Å². The molecule has 1 aliphatic rings. The van der Waals surface area contributed by atoms with Gasteiger partial charge in [0.05, 0.1) is 4.99 Å². The van der Waals surface area contributed by atoms with Crippen LogP contribution in [0.1, 0.15) is 25.7 Å². The van der Waals surface area contributed by atoms with Gasteiger partial charge in [0, 0.05) is 39.8 Å². The molecule has 0 aromatic rings. The lowest BCUT2D eigenvalue weighted by molar-refractivity contribution is -0.141. The van der Waals surface area contributed by atoms with Gasteiger partial charge in [0.2, 0.25) is 0 Å². The van der Waals surface area contributed by atoms with Gasteiger partial charge in [-0.3, -0.25) is 4.79 Å². The van der Waals surface area contributed by atoms with Gasteiger partial charge in [0.15, 0.2) is 0 Å². The first-order valence-electron chi connectivity index (χ1n) is 6.32. The maximum Gasteiger partial charge on any atom is 0.251 e. The van der Waals surface area contributed by atoms with Crippen LogP contribution in [0.2, 0.25) is 0 Å². The minimum absolute atomic E-state index is 0.0554. The Balaban J connectivity index is 2.45. The van der Waals surface area contributed by atoms with Gasteiger partial charge in [-0.1, -0.05) is 12.2 Å². The molecule has 1 fully saturated rings. The molecule has 0 spiro atoms. The van der Waals surface area contributed by atoms with Crippen molar-refractivity contribution in [3.63, 3.8) is 0 Å².